The second-order valence-electron chi connectivity index (χ2n) is 6.15. The summed E-state index contributed by atoms with van der Waals surface area (Å²) >= 11 is 1.75. The number of aryl methyl sites for hydroxylation is 1. The van der Waals surface area contributed by atoms with Gasteiger partial charge in [0.15, 0.2) is 0 Å². The third-order valence-corrected chi connectivity index (χ3v) is 5.43. The molecule has 0 spiro atoms. The summed E-state index contributed by atoms with van der Waals surface area (Å²) in [6.07, 6.45) is 1.34. The smallest absolute Gasteiger partial charge is 0.290 e. The highest BCUT2D eigenvalue weighted by Crippen LogP contribution is 2.28. The molecule has 1 unspecified atom stereocenters. The Morgan fingerprint density at radius 1 is 1.48 bits per heavy atom. The Bertz CT molecular complexity index is 717. The molecule has 0 aromatic carbocycles. The van der Waals surface area contributed by atoms with E-state index in [9.17, 15) is 10.1 Å². The summed E-state index contributed by atoms with van der Waals surface area (Å²) in [5.74, 6) is 0.748. The molecule has 2 aromatic heterocycles. The van der Waals surface area contributed by atoms with E-state index in [1.54, 1.807) is 24.3 Å². The van der Waals surface area contributed by atoms with Gasteiger partial charge < -0.3 is 9.64 Å². The highest BCUT2D eigenvalue weighted by molar-refractivity contribution is 7.10. The minimum atomic E-state index is -0.395. The second-order valence-corrected chi connectivity index (χ2v) is 7.13. The maximum absolute atomic E-state index is 11.0. The third-order valence-electron chi connectivity index (χ3n) is 4.46. The maximum Gasteiger partial charge on any atom is 0.290 e. The van der Waals surface area contributed by atoms with Crippen LogP contribution in [0.3, 0.4) is 0 Å². The number of morpholine rings is 1. The fraction of sp³-hybridized carbons (Fsp3) is 0.471. The predicted octanol–water partition coefficient (Wildman–Crippen LogP) is 2.87. The van der Waals surface area contributed by atoms with Crippen molar-refractivity contribution in [3.8, 4) is 0 Å². The molecule has 0 N–H and O–H groups in total. The molecule has 2 aromatic rings. The first-order valence-corrected chi connectivity index (χ1v) is 9.11. The summed E-state index contributed by atoms with van der Waals surface area (Å²) in [6.45, 7) is 5.83. The standard InChI is InChI=1S/C17H22N4O3S/c1-13-10-17(18-11-14(13)21(22)23)19(2)12-15(16-4-3-9-25-16)20-5-7-24-8-6-20/h3-4,9-11,15H,5-8,12H2,1-2H3. The van der Waals surface area contributed by atoms with Gasteiger partial charge in [-0.05, 0) is 24.4 Å². The Balaban J connectivity index is 1.79. The molecule has 1 aliphatic rings. The van der Waals surface area contributed by atoms with Gasteiger partial charge in [-0.1, -0.05) is 6.07 Å². The van der Waals surface area contributed by atoms with Gasteiger partial charge in [0.25, 0.3) is 5.69 Å². The minimum Gasteiger partial charge on any atom is -0.379 e. The van der Waals surface area contributed by atoms with Crippen LogP contribution in [0.25, 0.3) is 0 Å². The van der Waals surface area contributed by atoms with E-state index in [2.05, 4.69) is 32.3 Å². The van der Waals surface area contributed by atoms with Crippen LogP contribution in [0, 0.1) is 17.0 Å². The minimum absolute atomic E-state index is 0.0557. The van der Waals surface area contributed by atoms with Crippen LogP contribution in [0.1, 0.15) is 16.5 Å². The molecule has 1 atom stereocenters. The zero-order valence-electron chi connectivity index (χ0n) is 14.4. The molecule has 3 heterocycles. The maximum atomic E-state index is 11.0. The summed E-state index contributed by atoms with van der Waals surface area (Å²) in [7, 11) is 1.98. The van der Waals surface area contributed by atoms with Crippen LogP contribution < -0.4 is 4.90 Å². The number of hydrogen-bond acceptors (Lipinski definition) is 7. The SMILES string of the molecule is Cc1cc(N(C)CC(c2cccs2)N2CCOCC2)ncc1[N+](=O)[O-]. The lowest BCUT2D eigenvalue weighted by Crippen LogP contribution is -2.43. The lowest BCUT2D eigenvalue weighted by molar-refractivity contribution is -0.385. The average molecular weight is 362 g/mol. The first-order valence-electron chi connectivity index (χ1n) is 8.23. The Kier molecular flexibility index (Phi) is 5.62. The normalized spacial score (nSPS) is 16.6. The van der Waals surface area contributed by atoms with Crippen LogP contribution in [0.15, 0.2) is 29.8 Å². The molecule has 1 aliphatic heterocycles. The average Bonchev–Trinajstić information content (AvgIpc) is 3.14. The van der Waals surface area contributed by atoms with Crippen LogP contribution in [0.5, 0.6) is 0 Å². The summed E-state index contributed by atoms with van der Waals surface area (Å²) in [5, 5.41) is 13.1. The van der Waals surface area contributed by atoms with E-state index >= 15 is 0 Å². The van der Waals surface area contributed by atoms with Crippen molar-refractivity contribution in [2.45, 2.75) is 13.0 Å². The molecule has 1 fully saturated rings. The molecule has 0 amide bonds. The number of aromatic nitrogens is 1. The van der Waals surface area contributed by atoms with Crippen LogP contribution in [-0.2, 0) is 4.74 Å². The van der Waals surface area contributed by atoms with Crippen LogP contribution in [-0.4, -0.2) is 54.7 Å². The van der Waals surface area contributed by atoms with E-state index in [0.717, 1.165) is 38.7 Å². The van der Waals surface area contributed by atoms with Crippen molar-refractivity contribution in [3.05, 3.63) is 50.3 Å². The van der Waals surface area contributed by atoms with E-state index in [1.165, 1.54) is 11.1 Å². The predicted molar refractivity (Wildman–Crippen MR) is 98.4 cm³/mol. The van der Waals surface area contributed by atoms with Gasteiger partial charge in [0.2, 0.25) is 0 Å². The third kappa shape index (κ3) is 4.15. The molecule has 0 aliphatic carbocycles. The topological polar surface area (TPSA) is 71.7 Å². The van der Waals surface area contributed by atoms with Crippen LogP contribution in [0.4, 0.5) is 11.5 Å². The summed E-state index contributed by atoms with van der Waals surface area (Å²) in [5.41, 5.74) is 0.682. The number of ether oxygens (including phenoxy) is 1. The van der Waals surface area contributed by atoms with Crippen molar-refractivity contribution in [1.29, 1.82) is 0 Å². The molecule has 1 saturated heterocycles. The molecule has 25 heavy (non-hydrogen) atoms. The summed E-state index contributed by atoms with van der Waals surface area (Å²) in [4.78, 5) is 20.7. The number of thiophene rings is 1. The Morgan fingerprint density at radius 3 is 2.84 bits per heavy atom. The van der Waals surface area contributed by atoms with Crippen molar-refractivity contribution < 1.29 is 9.66 Å². The number of nitro groups is 1. The van der Waals surface area contributed by atoms with Gasteiger partial charge >= 0.3 is 0 Å². The number of anilines is 1. The highest BCUT2D eigenvalue weighted by Gasteiger charge is 2.25. The van der Waals surface area contributed by atoms with Crippen LogP contribution in [0.2, 0.25) is 0 Å². The van der Waals surface area contributed by atoms with E-state index < -0.39 is 4.92 Å². The number of pyridine rings is 1. The second kappa shape index (κ2) is 7.90. The molecule has 8 heteroatoms. The molecule has 134 valence electrons. The fourth-order valence-electron chi connectivity index (χ4n) is 3.04. The molecule has 3 rings (SSSR count). The number of hydrogen-bond donors (Lipinski definition) is 0. The van der Waals surface area contributed by atoms with Gasteiger partial charge in [0.1, 0.15) is 12.0 Å². The zero-order chi connectivity index (χ0) is 17.8. The lowest BCUT2D eigenvalue weighted by Gasteiger charge is -2.36. The van der Waals surface area contributed by atoms with Crippen LogP contribution >= 0.6 is 11.3 Å². The fourth-order valence-corrected chi connectivity index (χ4v) is 3.89. The molecular formula is C17H22N4O3S. The van der Waals surface area contributed by atoms with Crippen molar-refractivity contribution in [2.75, 3.05) is 44.8 Å². The molecule has 0 bridgehead atoms. The van der Waals surface area contributed by atoms with Gasteiger partial charge in [-0.15, -0.1) is 11.3 Å². The van der Waals surface area contributed by atoms with Crippen molar-refractivity contribution in [1.82, 2.24) is 9.88 Å². The van der Waals surface area contributed by atoms with Gasteiger partial charge in [-0.25, -0.2) is 4.98 Å². The first-order chi connectivity index (χ1) is 12.1. The highest BCUT2D eigenvalue weighted by atomic mass is 32.1. The van der Waals surface area contributed by atoms with Gasteiger partial charge in [0.05, 0.1) is 24.2 Å². The van der Waals surface area contributed by atoms with Crippen molar-refractivity contribution in [3.63, 3.8) is 0 Å². The van der Waals surface area contributed by atoms with Gasteiger partial charge in [-0.3, -0.25) is 15.0 Å². The Labute approximate surface area is 151 Å². The van der Waals surface area contributed by atoms with Crippen molar-refractivity contribution >= 4 is 22.8 Å². The van der Waals surface area contributed by atoms with E-state index in [4.69, 9.17) is 4.74 Å². The van der Waals surface area contributed by atoms with E-state index in [0.29, 0.717) is 5.56 Å². The zero-order valence-corrected chi connectivity index (χ0v) is 15.2. The molecular weight excluding hydrogens is 340 g/mol. The summed E-state index contributed by atoms with van der Waals surface area (Å²) < 4.78 is 5.48. The summed E-state index contributed by atoms with van der Waals surface area (Å²) in [6, 6.07) is 6.27. The van der Waals surface area contributed by atoms with Gasteiger partial charge in [-0.2, -0.15) is 0 Å². The lowest BCUT2D eigenvalue weighted by atomic mass is 10.1. The van der Waals surface area contributed by atoms with E-state index in [-0.39, 0.29) is 11.7 Å². The largest absolute Gasteiger partial charge is 0.379 e. The molecule has 0 saturated carbocycles. The quantitative estimate of drug-likeness (QED) is 0.581. The number of nitrogens with zero attached hydrogens (tertiary/aromatic N) is 4. The van der Waals surface area contributed by atoms with E-state index in [1.807, 2.05) is 7.05 Å². The Hall–Kier alpha value is -2.03. The monoisotopic (exact) mass is 362 g/mol. The molecule has 0 radical (unpaired) electrons. The van der Waals surface area contributed by atoms with Gasteiger partial charge in [0, 0.05) is 37.1 Å². The number of likely N-dealkylation sites (N-methyl/N-ethyl adjacent to an activating group) is 1. The van der Waals surface area contributed by atoms with Crippen molar-refractivity contribution in [2.24, 2.45) is 0 Å². The first kappa shape index (κ1) is 17.8. The molecule has 7 nitrogen and oxygen atoms in total. The Morgan fingerprint density at radius 2 is 2.24 bits per heavy atom. The number of rotatable bonds is 6.